The normalized spacial score (nSPS) is 15.6. The molecule has 1 fully saturated rings. The lowest BCUT2D eigenvalue weighted by Crippen LogP contribution is -2.26. The van der Waals surface area contributed by atoms with Crippen molar-refractivity contribution in [2.45, 2.75) is 38.6 Å². The average Bonchev–Trinajstić information content (AvgIpc) is 3.57. The van der Waals surface area contributed by atoms with Crippen LogP contribution in [0.3, 0.4) is 0 Å². The van der Waals surface area contributed by atoms with Crippen molar-refractivity contribution in [3.63, 3.8) is 0 Å². The van der Waals surface area contributed by atoms with Crippen LogP contribution >= 0.6 is 11.3 Å². The number of nitrogens with zero attached hydrogens (tertiary/aromatic N) is 4. The van der Waals surface area contributed by atoms with Gasteiger partial charge in [0.2, 0.25) is 11.0 Å². The van der Waals surface area contributed by atoms with E-state index >= 15 is 0 Å². The molecule has 37 heavy (non-hydrogen) atoms. The standard InChI is InChI=1S/C22H24N6OS.C2HF3O2/c1-13(2)29-20-5-3-4-19(25-20)17-11-24-18-7-6-14(10-16(17)18)21-26-27-22(30-21)28-9-8-15(23)12-28;3-2(4,5)1(6)7/h3-7,10-11,13,15,24H,8-9,12,23H2,1-2H3;(H,6,7)/t15-;/m0./s1. The Morgan fingerprint density at radius 3 is 2.68 bits per heavy atom. The zero-order valence-corrected chi connectivity index (χ0v) is 20.8. The minimum absolute atomic E-state index is 0.0825. The van der Waals surface area contributed by atoms with Crippen LogP contribution in [-0.4, -0.2) is 62.7 Å². The number of nitrogens with one attached hydrogen (secondary N) is 1. The fourth-order valence-corrected chi connectivity index (χ4v) is 4.63. The van der Waals surface area contributed by atoms with Crippen molar-refractivity contribution in [2.24, 2.45) is 5.73 Å². The van der Waals surface area contributed by atoms with Crippen LogP contribution in [0.2, 0.25) is 0 Å². The quantitative estimate of drug-likeness (QED) is 0.336. The van der Waals surface area contributed by atoms with E-state index in [0.717, 1.165) is 57.4 Å². The molecule has 5 rings (SSSR count). The summed E-state index contributed by atoms with van der Waals surface area (Å²) in [6, 6.07) is 12.4. The monoisotopic (exact) mass is 534 g/mol. The number of nitrogens with two attached hydrogens (primary N) is 1. The summed E-state index contributed by atoms with van der Waals surface area (Å²) < 4.78 is 37.5. The van der Waals surface area contributed by atoms with Crippen LogP contribution in [0.5, 0.6) is 5.88 Å². The SMILES string of the molecule is CC(C)Oc1cccc(-c2c[nH]c3ccc(-c4nnc(N5CC[C@H](N)C5)s4)cc23)n1.O=C(O)C(F)(F)F. The van der Waals surface area contributed by atoms with E-state index in [9.17, 15) is 13.2 Å². The predicted molar refractivity (Wildman–Crippen MR) is 135 cm³/mol. The van der Waals surface area contributed by atoms with E-state index in [0.29, 0.717) is 5.88 Å². The number of hydrogen-bond acceptors (Lipinski definition) is 8. The molecule has 0 bridgehead atoms. The van der Waals surface area contributed by atoms with Crippen molar-refractivity contribution in [1.82, 2.24) is 20.2 Å². The number of anilines is 1. The fraction of sp³-hybridized carbons (Fsp3) is 0.333. The van der Waals surface area contributed by atoms with Crippen LogP contribution in [-0.2, 0) is 4.79 Å². The molecule has 0 spiro atoms. The third-order valence-electron chi connectivity index (χ3n) is 5.44. The number of ether oxygens (including phenoxy) is 1. The number of fused-ring (bicyclic) bond motifs is 1. The molecule has 4 heterocycles. The minimum Gasteiger partial charge on any atom is -0.475 e. The van der Waals surface area contributed by atoms with Crippen LogP contribution in [0, 0.1) is 0 Å². The van der Waals surface area contributed by atoms with Crippen LogP contribution in [0.4, 0.5) is 18.3 Å². The van der Waals surface area contributed by atoms with Crippen molar-refractivity contribution < 1.29 is 27.8 Å². The lowest BCUT2D eigenvalue weighted by Gasteiger charge is -2.12. The van der Waals surface area contributed by atoms with E-state index in [1.54, 1.807) is 11.3 Å². The second-order valence-electron chi connectivity index (χ2n) is 8.68. The zero-order chi connectivity index (χ0) is 26.7. The smallest absolute Gasteiger partial charge is 0.475 e. The van der Waals surface area contributed by atoms with Gasteiger partial charge in [0.25, 0.3) is 0 Å². The third kappa shape index (κ3) is 6.35. The summed E-state index contributed by atoms with van der Waals surface area (Å²) >= 11 is 1.61. The van der Waals surface area contributed by atoms with E-state index < -0.39 is 12.1 Å². The van der Waals surface area contributed by atoms with Crippen LogP contribution < -0.4 is 15.4 Å². The molecule has 1 atom stereocenters. The van der Waals surface area contributed by atoms with E-state index in [4.69, 9.17) is 20.4 Å². The number of aliphatic carboxylic acids is 1. The van der Waals surface area contributed by atoms with Gasteiger partial charge in [-0.15, -0.1) is 10.2 Å². The highest BCUT2D eigenvalue weighted by Crippen LogP contribution is 2.35. The number of halogens is 3. The summed E-state index contributed by atoms with van der Waals surface area (Å²) in [4.78, 5) is 19.1. The maximum Gasteiger partial charge on any atom is 0.490 e. The van der Waals surface area contributed by atoms with Crippen LogP contribution in [0.15, 0.2) is 42.6 Å². The molecule has 0 amide bonds. The number of carboxylic acid groups (broad SMARTS) is 1. The molecule has 4 N–H and O–H groups in total. The second kappa shape index (κ2) is 10.7. The van der Waals surface area contributed by atoms with E-state index in [1.807, 2.05) is 38.2 Å². The Labute approximate surface area is 214 Å². The Hall–Kier alpha value is -3.71. The Balaban J connectivity index is 0.000000405. The summed E-state index contributed by atoms with van der Waals surface area (Å²) in [6.07, 6.45) is -2.01. The highest BCUT2D eigenvalue weighted by Gasteiger charge is 2.38. The van der Waals surface area contributed by atoms with Gasteiger partial charge in [-0.2, -0.15) is 13.2 Å². The van der Waals surface area contributed by atoms with Crippen molar-refractivity contribution in [2.75, 3.05) is 18.0 Å². The summed E-state index contributed by atoms with van der Waals surface area (Å²) in [5.41, 5.74) is 10.1. The molecule has 13 heteroatoms. The van der Waals surface area contributed by atoms with Gasteiger partial charge < -0.3 is 25.5 Å². The number of rotatable bonds is 5. The van der Waals surface area contributed by atoms with Gasteiger partial charge in [0.1, 0.15) is 5.01 Å². The average molecular weight is 535 g/mol. The maximum atomic E-state index is 10.6. The minimum atomic E-state index is -5.08. The summed E-state index contributed by atoms with van der Waals surface area (Å²) in [5.74, 6) is -2.13. The van der Waals surface area contributed by atoms with Gasteiger partial charge in [0, 0.05) is 53.4 Å². The number of aromatic nitrogens is 4. The van der Waals surface area contributed by atoms with Crippen molar-refractivity contribution in [3.05, 3.63) is 42.6 Å². The van der Waals surface area contributed by atoms with E-state index in [1.165, 1.54) is 0 Å². The molecule has 1 aliphatic rings. The first-order valence-corrected chi connectivity index (χ1v) is 12.2. The number of carbonyl (C=O) groups is 1. The maximum absolute atomic E-state index is 10.6. The summed E-state index contributed by atoms with van der Waals surface area (Å²) in [6.45, 7) is 5.78. The number of H-pyrrole nitrogens is 1. The van der Waals surface area contributed by atoms with E-state index in [-0.39, 0.29) is 12.1 Å². The Morgan fingerprint density at radius 1 is 1.27 bits per heavy atom. The Bertz CT molecular complexity index is 1390. The first-order chi connectivity index (χ1) is 17.5. The van der Waals surface area contributed by atoms with Crippen LogP contribution in [0.25, 0.3) is 32.7 Å². The van der Waals surface area contributed by atoms with Gasteiger partial charge in [-0.25, -0.2) is 9.78 Å². The number of pyridine rings is 1. The Morgan fingerprint density at radius 2 is 2.03 bits per heavy atom. The molecule has 1 aliphatic heterocycles. The molecular weight excluding hydrogens is 509 g/mol. The second-order valence-corrected chi connectivity index (χ2v) is 9.63. The lowest BCUT2D eigenvalue weighted by molar-refractivity contribution is -0.192. The number of alkyl halides is 3. The highest BCUT2D eigenvalue weighted by molar-refractivity contribution is 7.18. The van der Waals surface area contributed by atoms with Gasteiger partial charge in [-0.1, -0.05) is 17.4 Å². The topological polar surface area (TPSA) is 130 Å². The molecule has 0 radical (unpaired) electrons. The number of aromatic amines is 1. The van der Waals surface area contributed by atoms with Crippen molar-refractivity contribution >= 4 is 33.3 Å². The van der Waals surface area contributed by atoms with Gasteiger partial charge in [-0.3, -0.25) is 0 Å². The molecule has 0 unspecified atom stereocenters. The molecule has 1 saturated heterocycles. The molecule has 4 aromatic rings. The summed E-state index contributed by atoms with van der Waals surface area (Å²) in [5, 5.41) is 18.9. The van der Waals surface area contributed by atoms with E-state index in [2.05, 4.69) is 43.3 Å². The molecular formula is C24H25F3N6O3S. The molecule has 0 aliphatic carbocycles. The number of benzene rings is 1. The molecule has 0 saturated carbocycles. The zero-order valence-electron chi connectivity index (χ0n) is 20.0. The first-order valence-electron chi connectivity index (χ1n) is 11.4. The largest absolute Gasteiger partial charge is 0.490 e. The number of carboxylic acids is 1. The predicted octanol–water partition coefficient (Wildman–Crippen LogP) is 4.71. The Kier molecular flexibility index (Phi) is 7.64. The lowest BCUT2D eigenvalue weighted by atomic mass is 10.1. The third-order valence-corrected chi connectivity index (χ3v) is 6.47. The van der Waals surface area contributed by atoms with Gasteiger partial charge in [0.05, 0.1) is 11.8 Å². The molecule has 9 nitrogen and oxygen atoms in total. The number of hydrogen-bond donors (Lipinski definition) is 3. The molecule has 1 aromatic carbocycles. The first kappa shape index (κ1) is 26.4. The molecule has 3 aromatic heterocycles. The van der Waals surface area contributed by atoms with Crippen molar-refractivity contribution in [3.8, 4) is 27.7 Å². The summed E-state index contributed by atoms with van der Waals surface area (Å²) in [7, 11) is 0. The van der Waals surface area contributed by atoms with Gasteiger partial charge >= 0.3 is 12.1 Å². The van der Waals surface area contributed by atoms with Crippen LogP contribution in [0.1, 0.15) is 20.3 Å². The fourth-order valence-electron chi connectivity index (χ4n) is 3.76. The van der Waals surface area contributed by atoms with Gasteiger partial charge in [-0.05, 0) is 44.5 Å². The highest BCUT2D eigenvalue weighted by atomic mass is 32.1. The molecule has 196 valence electrons. The van der Waals surface area contributed by atoms with Crippen molar-refractivity contribution in [1.29, 1.82) is 0 Å². The van der Waals surface area contributed by atoms with Gasteiger partial charge in [0.15, 0.2) is 0 Å².